The molecule has 2 N–H and O–H groups in total. The first kappa shape index (κ1) is 22.0. The highest BCUT2D eigenvalue weighted by atomic mass is 16.3. The molecule has 0 spiro atoms. The van der Waals surface area contributed by atoms with Crippen LogP contribution in [0.3, 0.4) is 0 Å². The molecule has 6 heteroatoms. The number of benzene rings is 1. The molecule has 1 aromatic heterocycles. The predicted molar refractivity (Wildman–Crippen MR) is 131 cm³/mol. The second kappa shape index (κ2) is 9.18. The zero-order valence-electron chi connectivity index (χ0n) is 19.7. The number of hydrogen-bond donors (Lipinski definition) is 2. The Morgan fingerprint density at radius 2 is 2.15 bits per heavy atom. The molecule has 2 heterocycles. The molecule has 3 aliphatic rings. The van der Waals surface area contributed by atoms with E-state index in [1.54, 1.807) is 6.92 Å². The van der Waals surface area contributed by atoms with Gasteiger partial charge in [-0.3, -0.25) is 9.48 Å². The highest BCUT2D eigenvalue weighted by Crippen LogP contribution is 2.35. The number of nitrogens with zero attached hydrogens (tertiary/aromatic N) is 3. The van der Waals surface area contributed by atoms with Crippen LogP contribution in [-0.4, -0.2) is 38.3 Å². The molecule has 1 amide bonds. The van der Waals surface area contributed by atoms with Gasteiger partial charge in [-0.15, -0.1) is 0 Å². The van der Waals surface area contributed by atoms with Gasteiger partial charge in [-0.05, 0) is 66.9 Å². The largest absolute Gasteiger partial charge is 0.388 e. The molecule has 6 nitrogen and oxygen atoms in total. The Kier molecular flexibility index (Phi) is 6.11. The molecule has 1 atom stereocenters. The fourth-order valence-corrected chi connectivity index (χ4v) is 4.91. The second-order valence-corrected chi connectivity index (χ2v) is 9.63. The van der Waals surface area contributed by atoms with Crippen LogP contribution in [0.1, 0.15) is 62.8 Å². The van der Waals surface area contributed by atoms with Crippen LogP contribution in [-0.2, 0) is 24.3 Å². The summed E-state index contributed by atoms with van der Waals surface area (Å²) < 4.78 is 2.18. The minimum atomic E-state index is -0.396. The van der Waals surface area contributed by atoms with Gasteiger partial charge < -0.3 is 15.3 Å². The molecule has 1 saturated carbocycles. The van der Waals surface area contributed by atoms with Crippen molar-refractivity contribution < 1.29 is 9.90 Å². The monoisotopic (exact) mass is 446 g/mol. The first-order chi connectivity index (χ1) is 16.0. The van der Waals surface area contributed by atoms with Crippen molar-refractivity contribution in [2.45, 2.75) is 71.6 Å². The lowest BCUT2D eigenvalue weighted by atomic mass is 9.91. The summed E-state index contributed by atoms with van der Waals surface area (Å²) in [4.78, 5) is 13.9. The molecule has 1 aromatic carbocycles. The lowest BCUT2D eigenvalue weighted by molar-refractivity contribution is -0.129. The number of amides is 1. The third-order valence-electron chi connectivity index (χ3n) is 7.11. The number of allylic oxidation sites excluding steroid dienone is 2. The average molecular weight is 447 g/mol. The summed E-state index contributed by atoms with van der Waals surface area (Å²) in [6.07, 6.45) is 9.99. The Bertz CT molecular complexity index is 1110. The topological polar surface area (TPSA) is 70.4 Å². The van der Waals surface area contributed by atoms with E-state index in [4.69, 9.17) is 5.10 Å². The van der Waals surface area contributed by atoms with Crippen molar-refractivity contribution in [3.63, 3.8) is 0 Å². The number of rotatable bonds is 7. The van der Waals surface area contributed by atoms with Gasteiger partial charge >= 0.3 is 0 Å². The van der Waals surface area contributed by atoms with E-state index in [9.17, 15) is 9.90 Å². The minimum Gasteiger partial charge on any atom is -0.388 e. The van der Waals surface area contributed by atoms with Gasteiger partial charge in [0.05, 0.1) is 12.6 Å². The number of fused-ring (bicyclic) bond motifs is 1. The molecule has 0 bridgehead atoms. The summed E-state index contributed by atoms with van der Waals surface area (Å²) in [5.41, 5.74) is 6.87. The Morgan fingerprint density at radius 1 is 1.30 bits per heavy atom. The maximum atomic E-state index is 12.0. The van der Waals surface area contributed by atoms with Crippen molar-refractivity contribution in [2.24, 2.45) is 5.92 Å². The fourth-order valence-electron chi connectivity index (χ4n) is 4.91. The summed E-state index contributed by atoms with van der Waals surface area (Å²) in [5.74, 6) is 1.73. The molecule has 2 aliphatic carbocycles. The summed E-state index contributed by atoms with van der Waals surface area (Å²) in [5, 5.41) is 18.8. The van der Waals surface area contributed by atoms with Crippen LogP contribution in [0.2, 0.25) is 0 Å². The van der Waals surface area contributed by atoms with Crippen LogP contribution >= 0.6 is 0 Å². The van der Waals surface area contributed by atoms with Crippen LogP contribution in [0, 0.1) is 5.92 Å². The van der Waals surface area contributed by atoms with Crippen LogP contribution in [0.25, 0.3) is 5.57 Å². The van der Waals surface area contributed by atoms with Crippen molar-refractivity contribution in [1.29, 1.82) is 0 Å². The van der Waals surface area contributed by atoms with E-state index in [1.807, 2.05) is 11.8 Å². The van der Waals surface area contributed by atoms with Gasteiger partial charge in [-0.1, -0.05) is 31.2 Å². The highest BCUT2D eigenvalue weighted by molar-refractivity contribution is 5.75. The zero-order chi connectivity index (χ0) is 22.9. The predicted octanol–water partition coefficient (Wildman–Crippen LogP) is 4.82. The summed E-state index contributed by atoms with van der Waals surface area (Å²) in [6.45, 7) is 6.01. The van der Waals surface area contributed by atoms with Crippen LogP contribution in [0.15, 0.2) is 42.0 Å². The number of hydrogen-bond acceptors (Lipinski definition) is 4. The summed E-state index contributed by atoms with van der Waals surface area (Å²) in [7, 11) is 0. The van der Waals surface area contributed by atoms with Crippen molar-refractivity contribution >= 4 is 23.0 Å². The number of aromatic nitrogens is 2. The second-order valence-electron chi connectivity index (χ2n) is 9.63. The van der Waals surface area contributed by atoms with Gasteiger partial charge in [0.25, 0.3) is 0 Å². The van der Waals surface area contributed by atoms with E-state index >= 15 is 0 Å². The first-order valence-electron chi connectivity index (χ1n) is 12.3. The van der Waals surface area contributed by atoms with Crippen molar-refractivity contribution in [1.82, 2.24) is 14.7 Å². The summed E-state index contributed by atoms with van der Waals surface area (Å²) >= 11 is 0. The average Bonchev–Trinajstić information content (AvgIpc) is 3.60. The number of carbonyl (C=O) groups excluding carboxylic acids is 1. The number of aliphatic hydroxyl groups excluding tert-OH is 1. The number of anilines is 2. The SMILES string of the molecule is CCC(O)C1=CCCC(c2cccc(Nc3nn(CC4CC4)c4c3CN(C(C)=O)CC4)c2)=C1. The van der Waals surface area contributed by atoms with Crippen LogP contribution in [0.5, 0.6) is 0 Å². The Morgan fingerprint density at radius 3 is 2.91 bits per heavy atom. The van der Waals surface area contributed by atoms with Gasteiger partial charge in [0, 0.05) is 43.4 Å². The smallest absolute Gasteiger partial charge is 0.219 e. The highest BCUT2D eigenvalue weighted by Gasteiger charge is 2.29. The molecule has 5 rings (SSSR count). The summed E-state index contributed by atoms with van der Waals surface area (Å²) in [6, 6.07) is 8.45. The molecule has 1 fully saturated rings. The van der Waals surface area contributed by atoms with E-state index in [0.717, 1.165) is 67.3 Å². The standard InChI is InChI=1S/C27H34N4O2/c1-3-26(33)22-8-4-6-20(14-22)21-7-5-9-23(15-21)28-27-24-17-30(18(2)32)13-12-25(24)31(29-27)16-19-10-11-19/h5,7-9,14-15,19,26,33H,3-4,6,10-13,16-17H2,1-2H3,(H,28,29). The third-order valence-corrected chi connectivity index (χ3v) is 7.11. The van der Waals surface area contributed by atoms with Crippen molar-refractivity contribution in [2.75, 3.05) is 11.9 Å². The number of carbonyl (C=O) groups is 1. The quantitative estimate of drug-likeness (QED) is 0.640. The first-order valence-corrected chi connectivity index (χ1v) is 12.3. The molecular formula is C27H34N4O2. The van der Waals surface area contributed by atoms with Gasteiger partial charge in [0.15, 0.2) is 5.82 Å². The molecule has 1 aliphatic heterocycles. The van der Waals surface area contributed by atoms with Gasteiger partial charge in [0.2, 0.25) is 5.91 Å². The molecule has 174 valence electrons. The lowest BCUT2D eigenvalue weighted by Crippen LogP contribution is -2.34. The van der Waals surface area contributed by atoms with Crippen LogP contribution in [0.4, 0.5) is 11.5 Å². The van der Waals surface area contributed by atoms with Gasteiger partial charge in [0.1, 0.15) is 0 Å². The van der Waals surface area contributed by atoms with Gasteiger partial charge in [-0.25, -0.2) is 0 Å². The van der Waals surface area contributed by atoms with E-state index in [-0.39, 0.29) is 5.91 Å². The van der Waals surface area contributed by atoms with E-state index < -0.39 is 6.10 Å². The molecule has 1 unspecified atom stereocenters. The normalized spacial score (nSPS) is 18.9. The van der Waals surface area contributed by atoms with E-state index in [2.05, 4.69) is 46.4 Å². The maximum Gasteiger partial charge on any atom is 0.219 e. The third kappa shape index (κ3) is 4.76. The van der Waals surface area contributed by atoms with E-state index in [0.29, 0.717) is 6.54 Å². The zero-order valence-corrected chi connectivity index (χ0v) is 19.7. The molecule has 2 aromatic rings. The fraction of sp³-hybridized carbons (Fsp3) is 0.481. The van der Waals surface area contributed by atoms with Crippen molar-refractivity contribution in [3.8, 4) is 0 Å². The number of nitrogens with one attached hydrogen (secondary N) is 1. The maximum absolute atomic E-state index is 12.0. The molecule has 0 saturated heterocycles. The lowest BCUT2D eigenvalue weighted by Gasteiger charge is -2.26. The molecule has 0 radical (unpaired) electrons. The Balaban J connectivity index is 1.42. The van der Waals surface area contributed by atoms with E-state index in [1.165, 1.54) is 29.7 Å². The van der Waals surface area contributed by atoms with Gasteiger partial charge in [-0.2, -0.15) is 5.10 Å². The molecule has 33 heavy (non-hydrogen) atoms. The Hall–Kier alpha value is -2.86. The van der Waals surface area contributed by atoms with Crippen molar-refractivity contribution in [3.05, 3.63) is 58.8 Å². The molecular weight excluding hydrogens is 412 g/mol. The van der Waals surface area contributed by atoms with Crippen LogP contribution < -0.4 is 5.32 Å². The minimum absolute atomic E-state index is 0.117. The number of aliphatic hydroxyl groups is 1. The Labute approximate surface area is 196 Å².